The quantitative estimate of drug-likeness (QED) is 0.471. The highest BCUT2D eigenvalue weighted by Crippen LogP contribution is 2.45. The molecule has 2 heterocycles. The van der Waals surface area contributed by atoms with Crippen LogP contribution in [0.4, 0.5) is 0 Å². The molecule has 2 fully saturated rings. The van der Waals surface area contributed by atoms with E-state index in [9.17, 15) is 14.4 Å². The second kappa shape index (κ2) is 8.80. The molecule has 7 heteroatoms. The molecule has 6 nitrogen and oxygen atoms in total. The number of hydrogen-bond acceptors (Lipinski definition) is 5. The number of rotatable bonds is 7. The zero-order valence-electron chi connectivity index (χ0n) is 19.3. The van der Waals surface area contributed by atoms with Crippen LogP contribution in [0.15, 0.2) is 66.2 Å². The Morgan fingerprint density at radius 3 is 2.41 bits per heavy atom. The number of nitrogens with zero attached hydrogens (tertiary/aromatic N) is 3. The monoisotopic (exact) mass is 473 g/mol. The van der Waals surface area contributed by atoms with Crippen LogP contribution in [-0.2, 0) is 19.8 Å². The highest BCUT2D eigenvalue weighted by molar-refractivity contribution is 7.09. The Hall–Kier alpha value is -3.32. The second-order valence-corrected chi connectivity index (χ2v) is 10.2. The van der Waals surface area contributed by atoms with Gasteiger partial charge in [0.15, 0.2) is 0 Å². The smallest absolute Gasteiger partial charge is 0.241 e. The second-order valence-electron chi connectivity index (χ2n) is 9.23. The lowest BCUT2D eigenvalue weighted by atomic mass is 9.75. The number of hydrogen-bond donors (Lipinski definition) is 0. The van der Waals surface area contributed by atoms with Gasteiger partial charge in [0.05, 0.1) is 11.5 Å². The van der Waals surface area contributed by atoms with E-state index >= 15 is 0 Å². The van der Waals surface area contributed by atoms with Gasteiger partial charge in [0, 0.05) is 37.5 Å². The van der Waals surface area contributed by atoms with E-state index in [1.165, 1.54) is 16.2 Å². The zero-order chi connectivity index (χ0) is 23.9. The topological polar surface area (TPSA) is 70.6 Å². The largest absolute Gasteiger partial charge is 0.337 e. The van der Waals surface area contributed by atoms with Crippen molar-refractivity contribution in [3.63, 3.8) is 0 Å². The number of aromatic nitrogens is 1. The molecule has 1 aliphatic carbocycles. The predicted molar refractivity (Wildman–Crippen MR) is 131 cm³/mol. The van der Waals surface area contributed by atoms with Crippen LogP contribution < -0.4 is 0 Å². The number of carbonyl (C=O) groups is 3. The van der Waals surface area contributed by atoms with Crippen molar-refractivity contribution in [2.45, 2.75) is 50.1 Å². The fourth-order valence-corrected chi connectivity index (χ4v) is 5.49. The highest BCUT2D eigenvalue weighted by atomic mass is 32.1. The summed E-state index contributed by atoms with van der Waals surface area (Å²) in [5.41, 5.74) is 1.64. The normalized spacial score (nSPS) is 21.1. The maximum atomic E-state index is 13.8. The molecule has 3 amide bonds. The first kappa shape index (κ1) is 22.5. The standard InChI is InChI=1S/C27H27N3O3S/c1-18(25-28-14-15-34-25)29(2)23(31)16-27(17-24(32)30(26(27)33)22-12-13-22)21-10-8-20(9-11-21)19-6-4-3-5-7-19/h3-11,14-15,18,22H,12-13,16-17H2,1-2H3/t18-,27-/m1/s1. The van der Waals surface area contributed by atoms with Crippen LogP contribution in [0.5, 0.6) is 0 Å². The molecule has 1 aliphatic heterocycles. The molecule has 0 radical (unpaired) electrons. The van der Waals surface area contributed by atoms with Crippen molar-refractivity contribution in [1.82, 2.24) is 14.8 Å². The molecule has 5 rings (SSSR count). The van der Waals surface area contributed by atoms with E-state index in [0.29, 0.717) is 0 Å². The van der Waals surface area contributed by atoms with Crippen molar-refractivity contribution in [2.75, 3.05) is 7.05 Å². The van der Waals surface area contributed by atoms with E-state index in [1.807, 2.05) is 66.9 Å². The Morgan fingerprint density at radius 2 is 1.79 bits per heavy atom. The van der Waals surface area contributed by atoms with E-state index in [0.717, 1.165) is 34.5 Å². The first-order chi connectivity index (χ1) is 16.4. The van der Waals surface area contributed by atoms with Gasteiger partial charge >= 0.3 is 0 Å². The maximum Gasteiger partial charge on any atom is 0.241 e. The lowest BCUT2D eigenvalue weighted by molar-refractivity contribution is -0.143. The third-order valence-corrected chi connectivity index (χ3v) is 7.99. The number of benzene rings is 2. The molecule has 2 aromatic carbocycles. The van der Waals surface area contributed by atoms with Gasteiger partial charge in [0.1, 0.15) is 5.01 Å². The summed E-state index contributed by atoms with van der Waals surface area (Å²) >= 11 is 1.49. The summed E-state index contributed by atoms with van der Waals surface area (Å²) in [6.45, 7) is 1.93. The molecule has 0 N–H and O–H groups in total. The average Bonchev–Trinajstić information content (AvgIpc) is 3.46. The molecule has 0 bridgehead atoms. The Balaban J connectivity index is 1.48. The van der Waals surface area contributed by atoms with Crippen LogP contribution in [0.2, 0.25) is 0 Å². The van der Waals surface area contributed by atoms with Gasteiger partial charge in [-0.2, -0.15) is 0 Å². The van der Waals surface area contributed by atoms with Crippen molar-refractivity contribution in [3.8, 4) is 11.1 Å². The molecule has 3 aromatic rings. The summed E-state index contributed by atoms with van der Waals surface area (Å²) in [5, 5.41) is 2.72. The van der Waals surface area contributed by atoms with Crippen molar-refractivity contribution in [2.24, 2.45) is 0 Å². The summed E-state index contributed by atoms with van der Waals surface area (Å²) in [5.74, 6) is -0.590. The Bertz CT molecular complexity index is 1210. The van der Waals surface area contributed by atoms with Crippen LogP contribution in [0.1, 0.15) is 49.2 Å². The van der Waals surface area contributed by atoms with Gasteiger partial charge in [-0.1, -0.05) is 54.6 Å². The number of thiazole rings is 1. The van der Waals surface area contributed by atoms with Crippen LogP contribution in [0.25, 0.3) is 11.1 Å². The Morgan fingerprint density at radius 1 is 1.12 bits per heavy atom. The molecule has 1 saturated carbocycles. The van der Waals surface area contributed by atoms with Gasteiger partial charge in [-0.25, -0.2) is 4.98 Å². The predicted octanol–water partition coefficient (Wildman–Crippen LogP) is 4.58. The van der Waals surface area contributed by atoms with E-state index < -0.39 is 5.41 Å². The van der Waals surface area contributed by atoms with Gasteiger partial charge < -0.3 is 4.90 Å². The molecule has 174 valence electrons. The van der Waals surface area contributed by atoms with Crippen molar-refractivity contribution >= 4 is 29.1 Å². The minimum Gasteiger partial charge on any atom is -0.337 e. The number of carbonyl (C=O) groups excluding carboxylic acids is 3. The summed E-state index contributed by atoms with van der Waals surface area (Å²) in [6, 6.07) is 17.5. The third-order valence-electron chi connectivity index (χ3n) is 7.04. The molecule has 1 saturated heterocycles. The molecular formula is C27H27N3O3S. The number of imide groups is 1. The first-order valence-electron chi connectivity index (χ1n) is 11.6. The number of likely N-dealkylation sites (tertiary alicyclic amines) is 1. The van der Waals surface area contributed by atoms with Gasteiger partial charge in [0.2, 0.25) is 17.7 Å². The molecular weight excluding hydrogens is 446 g/mol. The first-order valence-corrected chi connectivity index (χ1v) is 12.5. The minimum absolute atomic E-state index is 0.0208. The number of amides is 3. The maximum absolute atomic E-state index is 13.8. The fourth-order valence-electron chi connectivity index (χ4n) is 4.75. The molecule has 34 heavy (non-hydrogen) atoms. The molecule has 2 aliphatic rings. The average molecular weight is 474 g/mol. The zero-order valence-corrected chi connectivity index (χ0v) is 20.1. The van der Waals surface area contributed by atoms with Crippen molar-refractivity contribution < 1.29 is 14.4 Å². The van der Waals surface area contributed by atoms with Crippen molar-refractivity contribution in [1.29, 1.82) is 0 Å². The summed E-state index contributed by atoms with van der Waals surface area (Å²) in [6.07, 6.45) is 3.39. The van der Waals surface area contributed by atoms with Gasteiger partial charge in [0.25, 0.3) is 0 Å². The Labute approximate surface area is 203 Å². The third kappa shape index (κ3) is 3.94. The van der Waals surface area contributed by atoms with Gasteiger partial charge in [-0.15, -0.1) is 11.3 Å². The summed E-state index contributed by atoms with van der Waals surface area (Å²) in [4.78, 5) is 47.6. The van der Waals surface area contributed by atoms with Crippen LogP contribution in [0, 0.1) is 0 Å². The van der Waals surface area contributed by atoms with Gasteiger partial charge in [-0.05, 0) is 36.5 Å². The molecule has 0 unspecified atom stereocenters. The van der Waals surface area contributed by atoms with Crippen LogP contribution in [-0.4, -0.2) is 45.6 Å². The van der Waals surface area contributed by atoms with Crippen molar-refractivity contribution in [3.05, 3.63) is 76.7 Å². The minimum atomic E-state index is -1.18. The van der Waals surface area contributed by atoms with Crippen LogP contribution in [0.3, 0.4) is 0 Å². The van der Waals surface area contributed by atoms with Gasteiger partial charge in [-0.3, -0.25) is 19.3 Å². The van der Waals surface area contributed by atoms with E-state index in [-0.39, 0.29) is 42.6 Å². The highest BCUT2D eigenvalue weighted by Gasteiger charge is 2.57. The van der Waals surface area contributed by atoms with Crippen LogP contribution >= 0.6 is 11.3 Å². The van der Waals surface area contributed by atoms with E-state index in [4.69, 9.17) is 0 Å². The fraction of sp³-hybridized carbons (Fsp3) is 0.333. The SMILES string of the molecule is C[C@H](c1nccs1)N(C)C(=O)C[C@]1(c2ccc(-c3ccccc3)cc2)CC(=O)N(C2CC2)C1=O. The Kier molecular flexibility index (Phi) is 5.81. The summed E-state index contributed by atoms with van der Waals surface area (Å²) in [7, 11) is 1.74. The lowest BCUT2D eigenvalue weighted by Gasteiger charge is -2.31. The van der Waals surface area contributed by atoms with E-state index in [2.05, 4.69) is 4.98 Å². The lowest BCUT2D eigenvalue weighted by Crippen LogP contribution is -2.43. The van der Waals surface area contributed by atoms with E-state index in [1.54, 1.807) is 18.1 Å². The summed E-state index contributed by atoms with van der Waals surface area (Å²) < 4.78 is 0. The molecule has 0 spiro atoms. The molecule has 2 atom stereocenters. The molecule has 1 aromatic heterocycles.